The molecule has 24 heavy (non-hydrogen) atoms. The van der Waals surface area contributed by atoms with Gasteiger partial charge in [-0.15, -0.1) is 0 Å². The van der Waals surface area contributed by atoms with Crippen LogP contribution in [0.4, 0.5) is 5.69 Å². The molecule has 0 N–H and O–H groups in total. The molecule has 0 aromatic heterocycles. The molecule has 1 heterocycles. The number of carbonyl (C=O) groups excluding carboxylic acids is 1. The minimum absolute atomic E-state index is 0.118. The Balaban J connectivity index is 1.97. The molecule has 0 bridgehead atoms. The van der Waals surface area contributed by atoms with Gasteiger partial charge in [0.15, 0.2) is 0 Å². The van der Waals surface area contributed by atoms with E-state index in [-0.39, 0.29) is 5.91 Å². The van der Waals surface area contributed by atoms with E-state index in [4.69, 9.17) is 4.74 Å². The highest BCUT2D eigenvalue weighted by atomic mass is 32.2. The summed E-state index contributed by atoms with van der Waals surface area (Å²) in [5.41, 5.74) is 0.592. The van der Waals surface area contributed by atoms with Gasteiger partial charge in [-0.2, -0.15) is 0 Å². The average molecular weight is 354 g/mol. The van der Waals surface area contributed by atoms with E-state index in [1.807, 2.05) is 11.8 Å². The Labute approximate surface area is 144 Å². The summed E-state index contributed by atoms with van der Waals surface area (Å²) in [6.07, 6.45) is 4.20. The van der Waals surface area contributed by atoms with E-state index in [2.05, 4.69) is 0 Å². The lowest BCUT2D eigenvalue weighted by Crippen LogP contribution is -2.32. The molecule has 0 unspecified atom stereocenters. The topological polar surface area (TPSA) is 66.9 Å². The second-order valence-corrected chi connectivity index (χ2v) is 7.86. The maximum absolute atomic E-state index is 12.1. The Bertz CT molecular complexity index is 637. The molecule has 1 aliphatic rings. The molecule has 0 atom stereocenters. The highest BCUT2D eigenvalue weighted by molar-refractivity contribution is 7.92. The zero-order valence-corrected chi connectivity index (χ0v) is 15.2. The predicted molar refractivity (Wildman–Crippen MR) is 94.8 cm³/mol. The van der Waals surface area contributed by atoms with Crippen LogP contribution in [0.15, 0.2) is 24.3 Å². The molecule has 134 valence electrons. The van der Waals surface area contributed by atoms with E-state index in [1.54, 1.807) is 24.3 Å². The highest BCUT2D eigenvalue weighted by Crippen LogP contribution is 2.22. The van der Waals surface area contributed by atoms with Crippen LogP contribution < -0.4 is 9.04 Å². The van der Waals surface area contributed by atoms with Crippen molar-refractivity contribution in [2.24, 2.45) is 0 Å². The quantitative estimate of drug-likeness (QED) is 0.718. The maximum Gasteiger partial charge on any atom is 0.232 e. The van der Waals surface area contributed by atoms with Gasteiger partial charge in [-0.3, -0.25) is 9.10 Å². The molecular weight excluding hydrogens is 328 g/mol. The van der Waals surface area contributed by atoms with Gasteiger partial charge in [0.25, 0.3) is 0 Å². The summed E-state index contributed by atoms with van der Waals surface area (Å²) in [5, 5.41) is 0. The van der Waals surface area contributed by atoms with Gasteiger partial charge in [-0.1, -0.05) is 0 Å². The van der Waals surface area contributed by atoms with Crippen molar-refractivity contribution in [2.45, 2.75) is 32.6 Å². The van der Waals surface area contributed by atoms with Gasteiger partial charge in [-0.05, 0) is 50.5 Å². The molecular formula is C17H26N2O4S. The van der Waals surface area contributed by atoms with Crippen molar-refractivity contribution in [2.75, 3.05) is 36.8 Å². The summed E-state index contributed by atoms with van der Waals surface area (Å²) in [4.78, 5) is 13.9. The van der Waals surface area contributed by atoms with Crippen LogP contribution >= 0.6 is 0 Å². The van der Waals surface area contributed by atoms with Crippen LogP contribution in [0.2, 0.25) is 0 Å². The third-order valence-electron chi connectivity index (χ3n) is 4.05. The van der Waals surface area contributed by atoms with E-state index >= 15 is 0 Å². The molecule has 1 aromatic carbocycles. The molecule has 0 saturated carbocycles. The van der Waals surface area contributed by atoms with Crippen molar-refractivity contribution in [1.29, 1.82) is 0 Å². The molecule has 0 radical (unpaired) electrons. The lowest BCUT2D eigenvalue weighted by Gasteiger charge is -2.23. The van der Waals surface area contributed by atoms with E-state index in [0.717, 1.165) is 25.9 Å². The minimum Gasteiger partial charge on any atom is -0.494 e. The Morgan fingerprint density at radius 2 is 1.83 bits per heavy atom. The standard InChI is InChI=1S/C17H26N2O4S/c1-3-23-16-10-8-15(9-11-16)19(24(2,21)22)14-6-7-17(20)18-12-4-5-13-18/h8-11H,3-7,12-14H2,1-2H3. The normalized spacial score (nSPS) is 14.7. The van der Waals surface area contributed by atoms with Crippen LogP contribution in [-0.2, 0) is 14.8 Å². The molecule has 1 aliphatic heterocycles. The monoisotopic (exact) mass is 354 g/mol. The fourth-order valence-electron chi connectivity index (χ4n) is 2.86. The predicted octanol–water partition coefficient (Wildman–Crippen LogP) is 2.25. The number of carbonyl (C=O) groups is 1. The Kier molecular flexibility index (Phi) is 6.48. The molecule has 0 aliphatic carbocycles. The first kappa shape index (κ1) is 18.6. The van der Waals surface area contributed by atoms with E-state index in [1.165, 1.54) is 10.6 Å². The van der Waals surface area contributed by atoms with Crippen LogP contribution in [0, 0.1) is 0 Å². The number of sulfonamides is 1. The molecule has 1 saturated heterocycles. The first-order chi connectivity index (χ1) is 11.4. The van der Waals surface area contributed by atoms with Crippen LogP contribution in [0.5, 0.6) is 5.75 Å². The molecule has 1 fully saturated rings. The lowest BCUT2D eigenvalue weighted by molar-refractivity contribution is -0.130. The first-order valence-corrected chi connectivity index (χ1v) is 10.2. The Morgan fingerprint density at radius 1 is 1.21 bits per heavy atom. The molecule has 1 amide bonds. The number of ether oxygens (including phenoxy) is 1. The average Bonchev–Trinajstić information content (AvgIpc) is 3.06. The van der Waals surface area contributed by atoms with Crippen molar-refractivity contribution in [3.63, 3.8) is 0 Å². The van der Waals surface area contributed by atoms with Gasteiger partial charge in [0, 0.05) is 26.1 Å². The zero-order valence-electron chi connectivity index (χ0n) is 14.4. The minimum atomic E-state index is -3.39. The fraction of sp³-hybridized carbons (Fsp3) is 0.588. The van der Waals surface area contributed by atoms with E-state index < -0.39 is 10.0 Å². The van der Waals surface area contributed by atoms with Crippen molar-refractivity contribution >= 4 is 21.6 Å². The summed E-state index contributed by atoms with van der Waals surface area (Å²) < 4.78 is 30.9. The number of rotatable bonds is 8. The van der Waals surface area contributed by atoms with Crippen LogP contribution in [-0.4, -0.2) is 51.7 Å². The largest absolute Gasteiger partial charge is 0.494 e. The number of hydrogen-bond donors (Lipinski definition) is 0. The second-order valence-electron chi connectivity index (χ2n) is 5.95. The highest BCUT2D eigenvalue weighted by Gasteiger charge is 2.20. The summed E-state index contributed by atoms with van der Waals surface area (Å²) >= 11 is 0. The Hall–Kier alpha value is -1.76. The van der Waals surface area contributed by atoms with Crippen molar-refractivity contribution < 1.29 is 17.9 Å². The number of amides is 1. The van der Waals surface area contributed by atoms with Crippen LogP contribution in [0.3, 0.4) is 0 Å². The van der Waals surface area contributed by atoms with Crippen LogP contribution in [0.1, 0.15) is 32.6 Å². The van der Waals surface area contributed by atoms with E-state index in [9.17, 15) is 13.2 Å². The van der Waals surface area contributed by atoms with Crippen LogP contribution in [0.25, 0.3) is 0 Å². The number of anilines is 1. The smallest absolute Gasteiger partial charge is 0.232 e. The SMILES string of the molecule is CCOc1ccc(N(CCCC(=O)N2CCCC2)S(C)(=O)=O)cc1. The second kappa shape index (κ2) is 8.37. The summed E-state index contributed by atoms with van der Waals surface area (Å²) in [6.45, 7) is 4.41. The van der Waals surface area contributed by atoms with Gasteiger partial charge < -0.3 is 9.64 Å². The van der Waals surface area contributed by atoms with Crippen molar-refractivity contribution in [3.05, 3.63) is 24.3 Å². The van der Waals surface area contributed by atoms with Crippen molar-refractivity contribution in [1.82, 2.24) is 4.90 Å². The molecule has 0 spiro atoms. The van der Waals surface area contributed by atoms with Crippen molar-refractivity contribution in [3.8, 4) is 5.75 Å². The first-order valence-electron chi connectivity index (χ1n) is 8.40. The van der Waals surface area contributed by atoms with Gasteiger partial charge in [0.2, 0.25) is 15.9 Å². The molecule has 2 rings (SSSR count). The molecule has 7 heteroatoms. The van der Waals surface area contributed by atoms with E-state index in [0.29, 0.717) is 37.4 Å². The number of nitrogens with zero attached hydrogens (tertiary/aromatic N) is 2. The zero-order chi connectivity index (χ0) is 17.6. The summed E-state index contributed by atoms with van der Waals surface area (Å²) in [7, 11) is -3.39. The van der Waals surface area contributed by atoms with Gasteiger partial charge in [0.1, 0.15) is 5.75 Å². The number of benzene rings is 1. The number of likely N-dealkylation sites (tertiary alicyclic amines) is 1. The lowest BCUT2D eigenvalue weighted by atomic mass is 10.2. The third-order valence-corrected chi connectivity index (χ3v) is 5.24. The van der Waals surface area contributed by atoms with Gasteiger partial charge >= 0.3 is 0 Å². The Morgan fingerprint density at radius 3 is 2.38 bits per heavy atom. The third kappa shape index (κ3) is 5.12. The van der Waals surface area contributed by atoms with Gasteiger partial charge in [0.05, 0.1) is 18.6 Å². The molecule has 6 nitrogen and oxygen atoms in total. The summed E-state index contributed by atoms with van der Waals surface area (Å²) in [5.74, 6) is 0.826. The number of hydrogen-bond acceptors (Lipinski definition) is 4. The van der Waals surface area contributed by atoms with Gasteiger partial charge in [-0.25, -0.2) is 8.42 Å². The molecule has 1 aromatic rings. The fourth-order valence-corrected chi connectivity index (χ4v) is 3.83. The maximum atomic E-state index is 12.1. The summed E-state index contributed by atoms with van der Waals surface area (Å²) in [6, 6.07) is 6.97.